The van der Waals surface area contributed by atoms with E-state index in [1.54, 1.807) is 13.0 Å². The molecule has 18 heavy (non-hydrogen) atoms. The molecule has 1 aliphatic carbocycles. The third-order valence-corrected chi connectivity index (χ3v) is 3.03. The fourth-order valence-corrected chi connectivity index (χ4v) is 1.87. The molecule has 0 aromatic rings. The molecular formula is C12H19F3N2O. The summed E-state index contributed by atoms with van der Waals surface area (Å²) in [5.74, 6) is -0.288. The predicted octanol–water partition coefficient (Wildman–Crippen LogP) is 1.95. The third-order valence-electron chi connectivity index (χ3n) is 3.03. The van der Waals surface area contributed by atoms with Crippen LogP contribution in [0, 0.1) is 5.92 Å². The van der Waals surface area contributed by atoms with Crippen molar-refractivity contribution in [3.8, 4) is 0 Å². The summed E-state index contributed by atoms with van der Waals surface area (Å²) < 4.78 is 37.4. The van der Waals surface area contributed by atoms with E-state index in [0.717, 1.165) is 17.7 Å². The maximum atomic E-state index is 12.5. The molecule has 0 aromatic carbocycles. The number of carbonyl (C=O) groups excluding carboxylic acids is 1. The second kappa shape index (κ2) is 6.22. The van der Waals surface area contributed by atoms with Gasteiger partial charge in [-0.05, 0) is 25.7 Å². The zero-order valence-corrected chi connectivity index (χ0v) is 10.5. The van der Waals surface area contributed by atoms with E-state index in [1.807, 2.05) is 0 Å². The number of nitrogens with one attached hydrogen (secondary N) is 1. The highest BCUT2D eigenvalue weighted by Crippen LogP contribution is 2.36. The minimum atomic E-state index is -4.35. The van der Waals surface area contributed by atoms with Crippen molar-refractivity contribution in [3.05, 3.63) is 12.7 Å². The topological polar surface area (TPSA) is 32.3 Å². The summed E-state index contributed by atoms with van der Waals surface area (Å²) in [7, 11) is 0. The molecular weight excluding hydrogens is 245 g/mol. The highest BCUT2D eigenvalue weighted by Gasteiger charge is 2.40. The number of alkyl halides is 3. The van der Waals surface area contributed by atoms with Crippen LogP contribution in [0.1, 0.15) is 19.8 Å². The Morgan fingerprint density at radius 2 is 2.17 bits per heavy atom. The Balaban J connectivity index is 2.57. The lowest BCUT2D eigenvalue weighted by Gasteiger charge is -2.30. The molecule has 0 bridgehead atoms. The number of hydrogen-bond acceptors (Lipinski definition) is 2. The van der Waals surface area contributed by atoms with Crippen LogP contribution in [0.4, 0.5) is 13.2 Å². The summed E-state index contributed by atoms with van der Waals surface area (Å²) in [5, 5.41) is 2.74. The first-order valence-corrected chi connectivity index (χ1v) is 6.03. The van der Waals surface area contributed by atoms with Gasteiger partial charge in [0.15, 0.2) is 0 Å². The Labute approximate surface area is 105 Å². The van der Waals surface area contributed by atoms with Crippen LogP contribution in [0.2, 0.25) is 0 Å². The average molecular weight is 264 g/mol. The first-order chi connectivity index (χ1) is 8.35. The predicted molar refractivity (Wildman–Crippen MR) is 63.0 cm³/mol. The van der Waals surface area contributed by atoms with Gasteiger partial charge >= 0.3 is 6.18 Å². The van der Waals surface area contributed by atoms with Crippen molar-refractivity contribution >= 4 is 5.91 Å². The summed E-state index contributed by atoms with van der Waals surface area (Å²) in [4.78, 5) is 12.7. The highest BCUT2D eigenvalue weighted by molar-refractivity contribution is 5.78. The number of hydrogen-bond donors (Lipinski definition) is 1. The first-order valence-electron chi connectivity index (χ1n) is 6.03. The number of amides is 1. The van der Waals surface area contributed by atoms with E-state index >= 15 is 0 Å². The quantitative estimate of drug-likeness (QED) is 0.563. The van der Waals surface area contributed by atoms with Gasteiger partial charge in [-0.15, -0.1) is 6.58 Å². The second-order valence-electron chi connectivity index (χ2n) is 4.63. The van der Waals surface area contributed by atoms with Crippen LogP contribution in [-0.4, -0.2) is 42.7 Å². The molecule has 1 unspecified atom stereocenters. The smallest absolute Gasteiger partial charge is 0.330 e. The number of rotatable bonds is 7. The van der Waals surface area contributed by atoms with Crippen LogP contribution in [0.5, 0.6) is 0 Å². The van der Waals surface area contributed by atoms with Crippen molar-refractivity contribution < 1.29 is 18.0 Å². The van der Waals surface area contributed by atoms with Gasteiger partial charge < -0.3 is 10.2 Å². The minimum absolute atomic E-state index is 0.0842. The Kier molecular flexibility index (Phi) is 5.19. The van der Waals surface area contributed by atoms with E-state index in [4.69, 9.17) is 0 Å². The molecule has 1 saturated carbocycles. The van der Waals surface area contributed by atoms with Crippen LogP contribution in [-0.2, 0) is 4.79 Å². The number of nitrogens with zero attached hydrogens (tertiary/aromatic N) is 1. The van der Waals surface area contributed by atoms with E-state index in [-0.39, 0.29) is 18.5 Å². The van der Waals surface area contributed by atoms with Gasteiger partial charge in [-0.3, -0.25) is 4.79 Å². The summed E-state index contributed by atoms with van der Waals surface area (Å²) in [6.45, 7) is 4.31. The van der Waals surface area contributed by atoms with Crippen molar-refractivity contribution in [3.63, 3.8) is 0 Å². The SMILES string of the molecule is C=CCNCC(=O)N(CC(F)(F)F)C(C)C1CC1. The second-order valence-corrected chi connectivity index (χ2v) is 4.63. The lowest BCUT2D eigenvalue weighted by molar-refractivity contribution is -0.165. The van der Waals surface area contributed by atoms with Gasteiger partial charge in [0.1, 0.15) is 6.54 Å². The van der Waals surface area contributed by atoms with Crippen molar-refractivity contribution in [2.45, 2.75) is 32.0 Å². The van der Waals surface area contributed by atoms with Gasteiger partial charge in [0.25, 0.3) is 0 Å². The largest absolute Gasteiger partial charge is 0.406 e. The summed E-state index contributed by atoms with van der Waals surface area (Å²) in [6.07, 6.45) is -0.977. The molecule has 104 valence electrons. The zero-order valence-electron chi connectivity index (χ0n) is 10.5. The molecule has 1 fully saturated rings. The van der Waals surface area contributed by atoms with E-state index in [0.29, 0.717) is 6.54 Å². The number of halogens is 3. The Morgan fingerprint density at radius 1 is 1.56 bits per heavy atom. The molecule has 1 atom stereocenters. The van der Waals surface area contributed by atoms with Crippen molar-refractivity contribution in [2.75, 3.05) is 19.6 Å². The van der Waals surface area contributed by atoms with E-state index in [1.165, 1.54) is 0 Å². The molecule has 0 aliphatic heterocycles. The standard InChI is InChI=1S/C12H19F3N2O/c1-3-6-16-7-11(18)17(8-12(13,14)15)9(2)10-4-5-10/h3,9-10,16H,1,4-8H2,2H3. The molecule has 6 heteroatoms. The van der Waals surface area contributed by atoms with Gasteiger partial charge in [0.05, 0.1) is 6.54 Å². The molecule has 0 saturated heterocycles. The van der Waals surface area contributed by atoms with Crippen LogP contribution in [0.15, 0.2) is 12.7 Å². The van der Waals surface area contributed by atoms with Crippen molar-refractivity contribution in [2.24, 2.45) is 5.92 Å². The van der Waals surface area contributed by atoms with E-state index in [2.05, 4.69) is 11.9 Å². The van der Waals surface area contributed by atoms with Gasteiger partial charge in [-0.2, -0.15) is 13.2 Å². The van der Waals surface area contributed by atoms with Gasteiger partial charge in [-0.25, -0.2) is 0 Å². The summed E-state index contributed by atoms with van der Waals surface area (Å²) in [6, 6.07) is -0.343. The summed E-state index contributed by atoms with van der Waals surface area (Å²) >= 11 is 0. The zero-order chi connectivity index (χ0) is 13.8. The fraction of sp³-hybridized carbons (Fsp3) is 0.750. The van der Waals surface area contributed by atoms with Crippen LogP contribution in [0.3, 0.4) is 0 Å². The molecule has 1 rings (SSSR count). The van der Waals surface area contributed by atoms with Crippen molar-refractivity contribution in [1.82, 2.24) is 10.2 Å². The molecule has 0 spiro atoms. The maximum Gasteiger partial charge on any atom is 0.406 e. The molecule has 0 aromatic heterocycles. The lowest BCUT2D eigenvalue weighted by Crippen LogP contribution is -2.48. The normalized spacial score (nSPS) is 17.3. The van der Waals surface area contributed by atoms with Crippen LogP contribution < -0.4 is 5.32 Å². The highest BCUT2D eigenvalue weighted by atomic mass is 19.4. The minimum Gasteiger partial charge on any atom is -0.330 e. The Morgan fingerprint density at radius 3 is 2.61 bits per heavy atom. The molecule has 1 N–H and O–H groups in total. The van der Waals surface area contributed by atoms with E-state index < -0.39 is 18.6 Å². The monoisotopic (exact) mass is 264 g/mol. The lowest BCUT2D eigenvalue weighted by atomic mass is 10.1. The maximum absolute atomic E-state index is 12.5. The van der Waals surface area contributed by atoms with Gasteiger partial charge in [0.2, 0.25) is 5.91 Å². The molecule has 0 radical (unpaired) electrons. The average Bonchev–Trinajstić information content (AvgIpc) is 3.07. The summed E-state index contributed by atoms with van der Waals surface area (Å²) in [5.41, 5.74) is 0. The van der Waals surface area contributed by atoms with Gasteiger partial charge in [0, 0.05) is 12.6 Å². The van der Waals surface area contributed by atoms with Crippen molar-refractivity contribution in [1.29, 1.82) is 0 Å². The Bertz CT molecular complexity index is 300. The first kappa shape index (κ1) is 15.0. The molecule has 1 amide bonds. The van der Waals surface area contributed by atoms with Crippen LogP contribution >= 0.6 is 0 Å². The fourth-order valence-electron chi connectivity index (χ4n) is 1.87. The Hall–Kier alpha value is -1.04. The number of carbonyl (C=O) groups is 1. The van der Waals surface area contributed by atoms with Gasteiger partial charge in [-0.1, -0.05) is 6.08 Å². The van der Waals surface area contributed by atoms with E-state index in [9.17, 15) is 18.0 Å². The van der Waals surface area contributed by atoms with Crippen LogP contribution in [0.25, 0.3) is 0 Å². The third kappa shape index (κ3) is 5.08. The molecule has 0 heterocycles. The molecule has 3 nitrogen and oxygen atoms in total. The molecule has 1 aliphatic rings.